The average molecular weight is 540 g/mol. The summed E-state index contributed by atoms with van der Waals surface area (Å²) in [5.41, 5.74) is 5.68. The van der Waals surface area contributed by atoms with Crippen molar-refractivity contribution in [2.75, 3.05) is 0 Å². The maximum atomic E-state index is 5.06. The van der Waals surface area contributed by atoms with Crippen LogP contribution < -0.4 is 10.5 Å². The highest BCUT2D eigenvalue weighted by atomic mass is 28.3. The first-order valence-electron chi connectivity index (χ1n) is 14.1. The molecule has 0 amide bonds. The molecule has 6 rings (SSSR count). The van der Waals surface area contributed by atoms with Crippen LogP contribution in [0.1, 0.15) is 41.5 Å². The maximum Gasteiger partial charge on any atom is 0.151 e. The SMILES string of the molecule is CC(C)(C)[Si](c1ccc2c3ccccc3n(-c3cccc(-c4ccccn4)c3)c2c1)(c1ccccn1)C(C)(C)C. The van der Waals surface area contributed by atoms with Gasteiger partial charge in [0, 0.05) is 39.7 Å². The number of benzene rings is 3. The normalized spacial score (nSPS) is 12.8. The van der Waals surface area contributed by atoms with Gasteiger partial charge in [0.1, 0.15) is 0 Å². The van der Waals surface area contributed by atoms with Crippen LogP contribution in [0.15, 0.2) is 116 Å². The maximum absolute atomic E-state index is 5.06. The van der Waals surface area contributed by atoms with Gasteiger partial charge in [0.25, 0.3) is 0 Å². The molecule has 3 heterocycles. The van der Waals surface area contributed by atoms with Crippen molar-refractivity contribution in [1.82, 2.24) is 14.5 Å². The molecule has 40 heavy (non-hydrogen) atoms. The predicted molar refractivity (Wildman–Crippen MR) is 173 cm³/mol. The van der Waals surface area contributed by atoms with Crippen LogP contribution >= 0.6 is 0 Å². The molecule has 0 bridgehead atoms. The third-order valence-electron chi connectivity index (χ3n) is 8.47. The Hall–Kier alpha value is -4.02. The van der Waals surface area contributed by atoms with Crippen molar-refractivity contribution in [3.8, 4) is 16.9 Å². The molecule has 6 aromatic rings. The zero-order valence-electron chi connectivity index (χ0n) is 24.3. The van der Waals surface area contributed by atoms with Gasteiger partial charge in [-0.15, -0.1) is 0 Å². The molecule has 0 aliphatic carbocycles. The first kappa shape index (κ1) is 26.2. The standard InChI is InChI=1S/C36H37N3Si/c1-35(2,3)40(36(4,5)6,34-19-10-12-23-38-34)28-20-21-30-29-16-7-8-18-32(29)39(33(30)25-28)27-15-13-14-26(24-27)31-17-9-11-22-37-31/h7-25H,1-6H3. The van der Waals surface area contributed by atoms with Crippen LogP contribution in [0.2, 0.25) is 10.1 Å². The summed E-state index contributed by atoms with van der Waals surface area (Å²) in [6, 6.07) is 37.3. The first-order valence-corrected chi connectivity index (χ1v) is 16.1. The van der Waals surface area contributed by atoms with E-state index in [1.54, 1.807) is 0 Å². The quantitative estimate of drug-likeness (QED) is 0.211. The number of nitrogens with zero attached hydrogens (tertiary/aromatic N) is 3. The van der Waals surface area contributed by atoms with Gasteiger partial charge in [-0.25, -0.2) is 0 Å². The molecule has 0 atom stereocenters. The molecule has 3 aromatic carbocycles. The molecule has 0 N–H and O–H groups in total. The molecule has 4 heteroatoms. The van der Waals surface area contributed by atoms with Crippen molar-refractivity contribution in [3.63, 3.8) is 0 Å². The third kappa shape index (κ3) is 4.01. The fourth-order valence-corrected chi connectivity index (χ4v) is 14.4. The molecule has 0 radical (unpaired) electrons. The van der Waals surface area contributed by atoms with Gasteiger partial charge in [0.05, 0.1) is 16.7 Å². The van der Waals surface area contributed by atoms with Gasteiger partial charge in [-0.05, 0) is 63.8 Å². The van der Waals surface area contributed by atoms with Gasteiger partial charge < -0.3 is 4.57 Å². The second-order valence-corrected chi connectivity index (χ2v) is 18.4. The van der Waals surface area contributed by atoms with Crippen molar-refractivity contribution in [3.05, 3.63) is 116 Å². The molecule has 0 unspecified atom stereocenters. The lowest BCUT2D eigenvalue weighted by Gasteiger charge is -2.51. The first-order chi connectivity index (χ1) is 19.1. The minimum absolute atomic E-state index is 0.0308. The van der Waals surface area contributed by atoms with Crippen molar-refractivity contribution in [2.45, 2.75) is 51.6 Å². The highest BCUT2D eigenvalue weighted by Crippen LogP contribution is 2.50. The van der Waals surface area contributed by atoms with Gasteiger partial charge in [0.2, 0.25) is 0 Å². The number of hydrogen-bond donors (Lipinski definition) is 0. The van der Waals surface area contributed by atoms with E-state index in [1.807, 2.05) is 30.6 Å². The lowest BCUT2D eigenvalue weighted by atomic mass is 10.1. The monoisotopic (exact) mass is 539 g/mol. The lowest BCUT2D eigenvalue weighted by Crippen LogP contribution is -2.70. The summed E-state index contributed by atoms with van der Waals surface area (Å²) in [4.78, 5) is 9.68. The van der Waals surface area contributed by atoms with E-state index in [-0.39, 0.29) is 10.1 Å². The van der Waals surface area contributed by atoms with Crippen molar-refractivity contribution < 1.29 is 0 Å². The van der Waals surface area contributed by atoms with Crippen LogP contribution in [-0.4, -0.2) is 22.6 Å². The van der Waals surface area contributed by atoms with E-state index in [0.717, 1.165) is 16.9 Å². The summed E-state index contributed by atoms with van der Waals surface area (Å²) < 4.78 is 2.43. The Kier molecular flexibility index (Phi) is 6.27. The molecule has 0 spiro atoms. The van der Waals surface area contributed by atoms with Crippen LogP contribution in [0.3, 0.4) is 0 Å². The largest absolute Gasteiger partial charge is 0.309 e. The van der Waals surface area contributed by atoms with Crippen LogP contribution in [0.4, 0.5) is 0 Å². The average Bonchev–Trinajstić information content (AvgIpc) is 3.27. The second kappa shape index (κ2) is 9.56. The smallest absolute Gasteiger partial charge is 0.151 e. The molecule has 3 nitrogen and oxygen atoms in total. The Balaban J connectivity index is 1.69. The van der Waals surface area contributed by atoms with E-state index in [4.69, 9.17) is 4.98 Å². The topological polar surface area (TPSA) is 30.7 Å². The second-order valence-electron chi connectivity index (χ2n) is 12.8. The van der Waals surface area contributed by atoms with Crippen LogP contribution in [-0.2, 0) is 0 Å². The number of hydrogen-bond acceptors (Lipinski definition) is 2. The zero-order chi connectivity index (χ0) is 28.1. The Morgan fingerprint density at radius 1 is 0.575 bits per heavy atom. The van der Waals surface area contributed by atoms with Gasteiger partial charge >= 0.3 is 0 Å². The number of pyridine rings is 2. The minimum Gasteiger partial charge on any atom is -0.309 e. The summed E-state index contributed by atoms with van der Waals surface area (Å²) in [6.07, 6.45) is 3.82. The zero-order valence-corrected chi connectivity index (χ0v) is 25.3. The molecular formula is C36H37N3Si. The molecule has 0 aliphatic rings. The number of fused-ring (bicyclic) bond motifs is 3. The summed E-state index contributed by atoms with van der Waals surface area (Å²) in [5, 5.41) is 5.27. The van der Waals surface area contributed by atoms with Gasteiger partial charge in [-0.2, -0.15) is 0 Å². The third-order valence-corrected chi connectivity index (χ3v) is 15.2. The van der Waals surface area contributed by atoms with Crippen molar-refractivity contribution in [1.29, 1.82) is 0 Å². The minimum atomic E-state index is -2.44. The van der Waals surface area contributed by atoms with Crippen molar-refractivity contribution >= 4 is 40.4 Å². The highest BCUT2D eigenvalue weighted by Gasteiger charge is 2.56. The highest BCUT2D eigenvalue weighted by molar-refractivity contribution is 7.05. The summed E-state index contributed by atoms with van der Waals surface area (Å²) >= 11 is 0. The Morgan fingerprint density at radius 3 is 1.93 bits per heavy atom. The lowest BCUT2D eigenvalue weighted by molar-refractivity contribution is 0.635. The Labute approximate surface area is 238 Å². The van der Waals surface area contributed by atoms with Gasteiger partial charge in [0.15, 0.2) is 8.07 Å². The summed E-state index contributed by atoms with van der Waals surface area (Å²) in [5.74, 6) is 0. The van der Waals surface area contributed by atoms with E-state index in [1.165, 1.54) is 32.3 Å². The summed E-state index contributed by atoms with van der Waals surface area (Å²) in [7, 11) is -2.44. The number of rotatable bonds is 4. The van der Waals surface area contributed by atoms with Crippen LogP contribution in [0.5, 0.6) is 0 Å². The van der Waals surface area contributed by atoms with E-state index in [0.29, 0.717) is 0 Å². The van der Waals surface area contributed by atoms with Crippen LogP contribution in [0, 0.1) is 0 Å². The molecule has 200 valence electrons. The summed E-state index contributed by atoms with van der Waals surface area (Å²) in [6.45, 7) is 14.5. The fourth-order valence-electron chi connectivity index (χ4n) is 7.31. The molecule has 3 aromatic heterocycles. The van der Waals surface area contributed by atoms with Crippen LogP contribution in [0.25, 0.3) is 38.8 Å². The Bertz CT molecular complexity index is 1790. The van der Waals surface area contributed by atoms with E-state index < -0.39 is 8.07 Å². The van der Waals surface area contributed by atoms with E-state index in [9.17, 15) is 0 Å². The molecule has 0 fully saturated rings. The van der Waals surface area contributed by atoms with E-state index >= 15 is 0 Å². The molecule has 0 aliphatic heterocycles. The number of aromatic nitrogens is 3. The molecule has 0 saturated heterocycles. The number of para-hydroxylation sites is 1. The van der Waals surface area contributed by atoms with Gasteiger partial charge in [-0.3, -0.25) is 9.97 Å². The predicted octanol–water partition coefficient (Wildman–Crippen LogP) is 8.40. The van der Waals surface area contributed by atoms with Crippen molar-refractivity contribution in [2.24, 2.45) is 0 Å². The Morgan fingerprint density at radius 2 is 1.25 bits per heavy atom. The fraction of sp³-hybridized carbons (Fsp3) is 0.222. The molecular weight excluding hydrogens is 503 g/mol. The molecule has 0 saturated carbocycles. The van der Waals surface area contributed by atoms with Gasteiger partial charge in [-0.1, -0.05) is 96.1 Å². The van der Waals surface area contributed by atoms with E-state index in [2.05, 4.69) is 136 Å².